The van der Waals surface area contributed by atoms with E-state index in [9.17, 15) is 0 Å². The van der Waals surface area contributed by atoms with E-state index in [1.807, 2.05) is 23.9 Å². The van der Waals surface area contributed by atoms with Gasteiger partial charge in [-0.15, -0.1) is 4.57 Å². The Morgan fingerprint density at radius 2 is 2.36 bits per heavy atom. The maximum absolute atomic E-state index is 5.77. The summed E-state index contributed by atoms with van der Waals surface area (Å²) in [6.45, 7) is 0. The first-order chi connectivity index (χ1) is 6.90. The highest BCUT2D eigenvalue weighted by Crippen LogP contribution is 2.31. The predicted molar refractivity (Wildman–Crippen MR) is 65.1 cm³/mol. The molecule has 0 saturated heterocycles. The fourth-order valence-corrected chi connectivity index (χ4v) is 4.05. The van der Waals surface area contributed by atoms with E-state index in [4.69, 9.17) is 4.42 Å². The minimum absolute atomic E-state index is 0.597. The topological polar surface area (TPSA) is 17.0 Å². The molecule has 1 atom stereocenters. The number of benzene rings is 1. The van der Waals surface area contributed by atoms with Gasteiger partial charge in [-0.25, -0.2) is 0 Å². The summed E-state index contributed by atoms with van der Waals surface area (Å²) in [5.41, 5.74) is 2.23. The number of aromatic nitrogens is 1. The molecule has 1 aromatic heterocycles. The predicted octanol–water partition coefficient (Wildman–Crippen LogP) is 2.80. The molecular formula is C10H9INOS+. The van der Waals surface area contributed by atoms with Crippen LogP contribution in [0.4, 0.5) is 0 Å². The van der Waals surface area contributed by atoms with Gasteiger partial charge in [-0.2, -0.15) is 0 Å². The molecule has 0 spiro atoms. The Balaban J connectivity index is 2.29. The van der Waals surface area contributed by atoms with Gasteiger partial charge in [-0.1, -0.05) is 34.7 Å². The zero-order chi connectivity index (χ0) is 9.54. The van der Waals surface area contributed by atoms with Crippen molar-refractivity contribution < 1.29 is 8.98 Å². The smallest absolute Gasteiger partial charge is 0.393 e. The molecule has 0 N–H and O–H groups in total. The van der Waals surface area contributed by atoms with Crippen molar-refractivity contribution in [2.45, 2.75) is 11.3 Å². The lowest BCUT2D eigenvalue weighted by molar-refractivity contribution is -0.726. The minimum atomic E-state index is 0.597. The fraction of sp³-hybridized carbons (Fsp3) is 0.300. The summed E-state index contributed by atoms with van der Waals surface area (Å²) < 4.78 is 9.24. The van der Waals surface area contributed by atoms with Gasteiger partial charge in [0.05, 0.1) is 10.2 Å². The van der Waals surface area contributed by atoms with Crippen molar-refractivity contribution in [3.05, 3.63) is 24.3 Å². The molecule has 1 aromatic carbocycles. The molecule has 0 saturated carbocycles. The number of oxazole rings is 1. The van der Waals surface area contributed by atoms with Gasteiger partial charge in [0.1, 0.15) is 0 Å². The monoisotopic (exact) mass is 318 g/mol. The van der Waals surface area contributed by atoms with Crippen LogP contribution in [-0.2, 0) is 0 Å². The Labute approximate surface area is 99.8 Å². The summed E-state index contributed by atoms with van der Waals surface area (Å²) in [5.74, 6) is 1.15. The zero-order valence-electron chi connectivity index (χ0n) is 7.44. The number of para-hydroxylation sites is 2. The fourth-order valence-electron chi connectivity index (χ4n) is 1.78. The third kappa shape index (κ3) is 1.20. The van der Waals surface area contributed by atoms with Crippen molar-refractivity contribution in [1.29, 1.82) is 0 Å². The Morgan fingerprint density at radius 3 is 3.21 bits per heavy atom. The molecule has 4 heteroatoms. The first-order valence-electron chi connectivity index (χ1n) is 4.52. The van der Waals surface area contributed by atoms with E-state index in [0.29, 0.717) is 6.04 Å². The standard InChI is InChI=1S/C10H9INOS/c11-5-7-6-14-10-12(7)8-3-1-2-4-9(8)13-10/h1-4,7H,5-6H2/q+1. The number of thioether (sulfide) groups is 1. The SMILES string of the molecule is ICC1CSc2oc3ccccc3[n+]21. The Bertz CT molecular complexity index is 482. The minimum Gasteiger partial charge on any atom is -0.393 e. The van der Waals surface area contributed by atoms with Gasteiger partial charge in [0.2, 0.25) is 5.58 Å². The number of hydrogen-bond donors (Lipinski definition) is 0. The molecule has 2 aromatic rings. The van der Waals surface area contributed by atoms with E-state index in [1.165, 1.54) is 5.52 Å². The third-order valence-corrected chi connectivity index (χ3v) is 4.56. The second-order valence-corrected chi connectivity index (χ2v) is 5.18. The lowest BCUT2D eigenvalue weighted by atomic mass is 10.3. The zero-order valence-corrected chi connectivity index (χ0v) is 10.4. The van der Waals surface area contributed by atoms with E-state index >= 15 is 0 Å². The first kappa shape index (κ1) is 9.03. The summed E-state index contributed by atoms with van der Waals surface area (Å²) in [5, 5.41) is 1.06. The quantitative estimate of drug-likeness (QED) is 0.457. The molecule has 0 bridgehead atoms. The van der Waals surface area contributed by atoms with Crippen molar-refractivity contribution in [3.63, 3.8) is 0 Å². The molecule has 1 aliphatic rings. The van der Waals surface area contributed by atoms with Crippen LogP contribution >= 0.6 is 34.4 Å². The number of fused-ring (bicyclic) bond motifs is 3. The summed E-state index contributed by atoms with van der Waals surface area (Å²) in [6, 6.07) is 8.85. The van der Waals surface area contributed by atoms with E-state index in [0.717, 1.165) is 21.0 Å². The highest BCUT2D eigenvalue weighted by Gasteiger charge is 2.37. The third-order valence-electron chi connectivity index (χ3n) is 2.46. The van der Waals surface area contributed by atoms with Gasteiger partial charge in [0.25, 0.3) is 5.52 Å². The average molecular weight is 318 g/mol. The summed E-state index contributed by atoms with van der Waals surface area (Å²) >= 11 is 4.26. The number of hydrogen-bond acceptors (Lipinski definition) is 2. The molecule has 1 unspecified atom stereocenters. The van der Waals surface area contributed by atoms with Crippen molar-refractivity contribution in [2.75, 3.05) is 10.2 Å². The van der Waals surface area contributed by atoms with Gasteiger partial charge in [-0.3, -0.25) is 0 Å². The van der Waals surface area contributed by atoms with Crippen molar-refractivity contribution in [2.24, 2.45) is 0 Å². The van der Waals surface area contributed by atoms with Crippen LogP contribution in [-0.4, -0.2) is 10.2 Å². The molecule has 3 rings (SSSR count). The van der Waals surface area contributed by atoms with Crippen LogP contribution in [0.3, 0.4) is 0 Å². The average Bonchev–Trinajstić information content (AvgIpc) is 2.75. The van der Waals surface area contributed by atoms with Crippen LogP contribution in [0.2, 0.25) is 0 Å². The van der Waals surface area contributed by atoms with Crippen LogP contribution in [0.15, 0.2) is 33.9 Å². The highest BCUT2D eigenvalue weighted by molar-refractivity contribution is 14.1. The van der Waals surface area contributed by atoms with Crippen LogP contribution in [0.5, 0.6) is 0 Å². The lowest BCUT2D eigenvalue weighted by Crippen LogP contribution is -2.38. The summed E-state index contributed by atoms with van der Waals surface area (Å²) in [7, 11) is 0. The van der Waals surface area contributed by atoms with Crippen LogP contribution < -0.4 is 4.57 Å². The lowest BCUT2D eigenvalue weighted by Gasteiger charge is -1.96. The maximum atomic E-state index is 5.77. The highest BCUT2D eigenvalue weighted by atomic mass is 127. The van der Waals surface area contributed by atoms with E-state index < -0.39 is 0 Å². The normalized spacial score (nSPS) is 20.2. The molecule has 2 nitrogen and oxygen atoms in total. The second-order valence-electron chi connectivity index (χ2n) is 3.32. The summed E-state index contributed by atoms with van der Waals surface area (Å²) in [4.78, 5) is 0. The molecule has 2 heterocycles. The Morgan fingerprint density at radius 1 is 1.50 bits per heavy atom. The molecule has 1 aliphatic heterocycles. The van der Waals surface area contributed by atoms with Crippen LogP contribution in [0.25, 0.3) is 11.1 Å². The van der Waals surface area contributed by atoms with E-state index in [-0.39, 0.29) is 0 Å². The molecule has 0 amide bonds. The molecule has 0 radical (unpaired) electrons. The van der Waals surface area contributed by atoms with Crippen molar-refractivity contribution in [3.8, 4) is 0 Å². The maximum Gasteiger partial charge on any atom is 0.412 e. The van der Waals surface area contributed by atoms with E-state index in [2.05, 4.69) is 39.3 Å². The largest absolute Gasteiger partial charge is 0.412 e. The number of nitrogens with zero attached hydrogens (tertiary/aromatic N) is 1. The number of alkyl halides is 1. The number of rotatable bonds is 1. The first-order valence-corrected chi connectivity index (χ1v) is 7.03. The Kier molecular flexibility index (Phi) is 2.20. The van der Waals surface area contributed by atoms with Gasteiger partial charge < -0.3 is 4.42 Å². The van der Waals surface area contributed by atoms with Crippen molar-refractivity contribution in [1.82, 2.24) is 0 Å². The number of halogens is 1. The molecule has 0 aliphatic carbocycles. The van der Waals surface area contributed by atoms with Gasteiger partial charge >= 0.3 is 5.22 Å². The van der Waals surface area contributed by atoms with Crippen LogP contribution in [0.1, 0.15) is 6.04 Å². The van der Waals surface area contributed by atoms with Gasteiger partial charge in [0.15, 0.2) is 6.04 Å². The van der Waals surface area contributed by atoms with Crippen molar-refractivity contribution >= 4 is 45.5 Å². The van der Waals surface area contributed by atoms with Gasteiger partial charge in [-0.05, 0) is 17.8 Å². The van der Waals surface area contributed by atoms with E-state index in [1.54, 1.807) is 0 Å². The molecule has 14 heavy (non-hydrogen) atoms. The summed E-state index contributed by atoms with van der Waals surface area (Å²) in [6.07, 6.45) is 0. The van der Waals surface area contributed by atoms with Gasteiger partial charge in [0, 0.05) is 6.07 Å². The molecular weight excluding hydrogens is 309 g/mol. The van der Waals surface area contributed by atoms with Crippen LogP contribution in [0, 0.1) is 0 Å². The second kappa shape index (κ2) is 3.41. The molecule has 0 fully saturated rings. The Hall–Kier alpha value is -0.230. The molecule has 72 valence electrons.